The number of hydrogen-bond acceptors (Lipinski definition) is 5. The molecule has 0 amide bonds. The number of piperidine rings is 1. The normalized spacial score (nSPS) is 15.8. The molecule has 27 heavy (non-hydrogen) atoms. The van der Waals surface area contributed by atoms with Crippen LogP contribution in [-0.2, 0) is 14.8 Å². The summed E-state index contributed by atoms with van der Waals surface area (Å²) in [6.07, 6.45) is 1.84. The number of sulfonamides is 1. The highest BCUT2D eigenvalue weighted by molar-refractivity contribution is 7.89. The fourth-order valence-corrected chi connectivity index (χ4v) is 5.38. The average Bonchev–Trinajstić information content (AvgIpc) is 3.17. The van der Waals surface area contributed by atoms with E-state index in [1.165, 1.54) is 4.88 Å². The lowest BCUT2D eigenvalue weighted by atomic mass is 9.97. The summed E-state index contributed by atoms with van der Waals surface area (Å²) in [5, 5.41) is 8.97. The molecule has 1 saturated heterocycles. The third-order valence-electron chi connectivity index (χ3n) is 4.23. The van der Waals surface area contributed by atoms with Crippen molar-refractivity contribution in [2.75, 3.05) is 13.1 Å². The smallest absolute Gasteiger partial charge is 0.290 e. The van der Waals surface area contributed by atoms with E-state index in [0.29, 0.717) is 29.7 Å². The quantitative estimate of drug-likeness (QED) is 0.757. The Morgan fingerprint density at radius 1 is 1.19 bits per heavy atom. The van der Waals surface area contributed by atoms with Crippen molar-refractivity contribution in [1.29, 1.82) is 0 Å². The van der Waals surface area contributed by atoms with Crippen LogP contribution in [0.3, 0.4) is 0 Å². The molecule has 1 fully saturated rings. The van der Waals surface area contributed by atoms with Gasteiger partial charge in [-0.2, -0.15) is 4.31 Å². The van der Waals surface area contributed by atoms with Gasteiger partial charge in [-0.1, -0.05) is 6.07 Å². The molecule has 2 heterocycles. The fourth-order valence-electron chi connectivity index (χ4n) is 3.02. The molecule has 1 aromatic heterocycles. The Morgan fingerprint density at radius 2 is 1.78 bits per heavy atom. The lowest BCUT2D eigenvalue weighted by Gasteiger charge is -2.30. The number of carboxylic acid groups (broad SMARTS) is 1. The summed E-state index contributed by atoms with van der Waals surface area (Å²) >= 11 is 1.76. The number of carbonyl (C=O) groups is 1. The molecule has 1 aromatic carbocycles. The summed E-state index contributed by atoms with van der Waals surface area (Å²) in [5.74, 6) is 1.18. The van der Waals surface area contributed by atoms with Gasteiger partial charge in [-0.3, -0.25) is 4.79 Å². The van der Waals surface area contributed by atoms with E-state index in [0.717, 1.165) is 12.8 Å². The van der Waals surface area contributed by atoms with E-state index >= 15 is 0 Å². The second kappa shape index (κ2) is 9.87. The first kappa shape index (κ1) is 21.4. The molecule has 148 valence electrons. The largest absolute Gasteiger partial charge is 0.491 e. The van der Waals surface area contributed by atoms with Gasteiger partial charge >= 0.3 is 0 Å². The number of thiophene rings is 1. The monoisotopic (exact) mass is 411 g/mol. The number of benzene rings is 1. The summed E-state index contributed by atoms with van der Waals surface area (Å²) < 4.78 is 32.8. The molecule has 1 aliphatic rings. The van der Waals surface area contributed by atoms with Crippen LogP contribution in [0, 0.1) is 0 Å². The molecule has 0 bridgehead atoms. The summed E-state index contributed by atoms with van der Waals surface area (Å²) in [4.78, 5) is 10.1. The summed E-state index contributed by atoms with van der Waals surface area (Å²) in [6, 6.07) is 10.9. The van der Waals surface area contributed by atoms with Gasteiger partial charge in [0.2, 0.25) is 10.0 Å². The zero-order valence-corrected chi connectivity index (χ0v) is 17.1. The van der Waals surface area contributed by atoms with Crippen molar-refractivity contribution in [3.05, 3.63) is 46.7 Å². The second-order valence-corrected chi connectivity index (χ2v) is 9.35. The minimum absolute atomic E-state index is 0.0729. The van der Waals surface area contributed by atoms with Gasteiger partial charge in [-0.15, -0.1) is 11.3 Å². The topological polar surface area (TPSA) is 83.9 Å². The van der Waals surface area contributed by atoms with Crippen LogP contribution >= 0.6 is 11.3 Å². The molecule has 1 N–H and O–H groups in total. The summed E-state index contributed by atoms with van der Waals surface area (Å²) in [5.41, 5.74) is 0. The maximum absolute atomic E-state index is 12.8. The van der Waals surface area contributed by atoms with Gasteiger partial charge in [0.05, 0.1) is 11.0 Å². The first-order chi connectivity index (χ1) is 12.9. The molecule has 8 heteroatoms. The highest BCUT2D eigenvalue weighted by Crippen LogP contribution is 2.33. The maximum Gasteiger partial charge on any atom is 0.290 e. The predicted octanol–water partition coefficient (Wildman–Crippen LogP) is 3.80. The fraction of sp³-hybridized carbons (Fsp3) is 0.421. The lowest BCUT2D eigenvalue weighted by Crippen LogP contribution is -2.37. The van der Waals surface area contributed by atoms with Crippen LogP contribution in [0.15, 0.2) is 46.7 Å². The first-order valence-corrected chi connectivity index (χ1v) is 11.1. The number of rotatable bonds is 5. The van der Waals surface area contributed by atoms with E-state index in [2.05, 4.69) is 17.5 Å². The predicted molar refractivity (Wildman–Crippen MR) is 106 cm³/mol. The summed E-state index contributed by atoms with van der Waals surface area (Å²) in [6.45, 7) is 4.80. The molecule has 0 atom stereocenters. The highest BCUT2D eigenvalue weighted by atomic mass is 32.2. The molecule has 0 aliphatic carbocycles. The highest BCUT2D eigenvalue weighted by Gasteiger charge is 2.30. The van der Waals surface area contributed by atoms with Crippen molar-refractivity contribution in [2.45, 2.75) is 43.6 Å². The zero-order valence-electron chi connectivity index (χ0n) is 15.4. The van der Waals surface area contributed by atoms with Gasteiger partial charge in [-0.05, 0) is 68.3 Å². The first-order valence-electron chi connectivity index (χ1n) is 8.76. The maximum atomic E-state index is 12.8. The Bertz CT molecular complexity index is 793. The Balaban J connectivity index is 0.000000817. The number of nitrogens with zero attached hydrogens (tertiary/aromatic N) is 1. The van der Waals surface area contributed by atoms with Crippen LogP contribution in [0.1, 0.15) is 37.5 Å². The Kier molecular flexibility index (Phi) is 7.82. The Hall–Kier alpha value is -1.90. The van der Waals surface area contributed by atoms with Crippen LogP contribution in [-0.4, -0.2) is 43.5 Å². The van der Waals surface area contributed by atoms with Gasteiger partial charge in [0.1, 0.15) is 5.75 Å². The van der Waals surface area contributed by atoms with Crippen molar-refractivity contribution < 1.29 is 23.1 Å². The van der Waals surface area contributed by atoms with E-state index in [9.17, 15) is 8.42 Å². The van der Waals surface area contributed by atoms with Crippen LogP contribution in [0.5, 0.6) is 5.75 Å². The van der Waals surface area contributed by atoms with Crippen molar-refractivity contribution in [2.24, 2.45) is 0 Å². The van der Waals surface area contributed by atoms with Crippen molar-refractivity contribution in [1.82, 2.24) is 4.31 Å². The molecule has 0 unspecified atom stereocenters. The minimum Gasteiger partial charge on any atom is -0.491 e. The van der Waals surface area contributed by atoms with Crippen molar-refractivity contribution >= 4 is 27.8 Å². The van der Waals surface area contributed by atoms with Crippen LogP contribution in [0.25, 0.3) is 0 Å². The third-order valence-corrected chi connectivity index (χ3v) is 7.18. The minimum atomic E-state index is -3.42. The molecule has 0 spiro atoms. The molecule has 3 rings (SSSR count). The number of ether oxygens (including phenoxy) is 1. The van der Waals surface area contributed by atoms with Gasteiger partial charge in [0, 0.05) is 18.0 Å². The van der Waals surface area contributed by atoms with Gasteiger partial charge in [0.15, 0.2) is 0 Å². The molecule has 2 aromatic rings. The average molecular weight is 412 g/mol. The standard InChI is InChI=1S/C18H23NO3S2.CH2O2/c1-14(2)22-16-5-7-17(8-6-16)24(20,21)19-11-9-15(10-12-19)18-4-3-13-23-18;2-1-3/h3-8,13-15H,9-12H2,1-2H3;1H,(H,2,3). The van der Waals surface area contributed by atoms with E-state index < -0.39 is 10.0 Å². The molecular formula is C19H25NO5S2. The molecule has 1 aliphatic heterocycles. The third kappa shape index (κ3) is 5.79. The Labute approximate surface area is 164 Å². The SMILES string of the molecule is CC(C)Oc1ccc(S(=O)(=O)N2CCC(c3cccs3)CC2)cc1.O=CO. The Morgan fingerprint density at radius 3 is 2.26 bits per heavy atom. The second-order valence-electron chi connectivity index (χ2n) is 6.44. The molecular weight excluding hydrogens is 386 g/mol. The van der Waals surface area contributed by atoms with Crippen molar-refractivity contribution in [3.63, 3.8) is 0 Å². The van der Waals surface area contributed by atoms with Crippen molar-refractivity contribution in [3.8, 4) is 5.75 Å². The van der Waals surface area contributed by atoms with Crippen LogP contribution in [0.4, 0.5) is 0 Å². The molecule has 6 nitrogen and oxygen atoms in total. The van der Waals surface area contributed by atoms with E-state index in [1.807, 2.05) is 13.8 Å². The number of hydrogen-bond donors (Lipinski definition) is 1. The van der Waals surface area contributed by atoms with Gasteiger partial charge < -0.3 is 9.84 Å². The molecule has 0 radical (unpaired) electrons. The zero-order chi connectivity index (χ0) is 19.9. The van der Waals surface area contributed by atoms with Gasteiger partial charge in [0.25, 0.3) is 6.47 Å². The van der Waals surface area contributed by atoms with E-state index in [1.54, 1.807) is 39.9 Å². The lowest BCUT2D eigenvalue weighted by molar-refractivity contribution is -0.122. The molecule has 0 saturated carbocycles. The van der Waals surface area contributed by atoms with Gasteiger partial charge in [-0.25, -0.2) is 8.42 Å². The van der Waals surface area contributed by atoms with Crippen LogP contribution < -0.4 is 4.74 Å². The van der Waals surface area contributed by atoms with E-state index in [-0.39, 0.29) is 12.6 Å². The van der Waals surface area contributed by atoms with E-state index in [4.69, 9.17) is 14.6 Å². The van der Waals surface area contributed by atoms with Crippen LogP contribution in [0.2, 0.25) is 0 Å². The summed E-state index contributed by atoms with van der Waals surface area (Å²) in [7, 11) is -3.42.